The van der Waals surface area contributed by atoms with E-state index in [9.17, 15) is 0 Å². The van der Waals surface area contributed by atoms with Gasteiger partial charge in [-0.15, -0.1) is 0 Å². The maximum atomic E-state index is 7.66. The highest BCUT2D eigenvalue weighted by atomic mass is 16.5. The number of methoxy groups -OCH3 is 1. The second kappa shape index (κ2) is 5.67. The first-order chi connectivity index (χ1) is 9.11. The molecule has 0 spiro atoms. The topological polar surface area (TPSA) is 84.0 Å². The van der Waals surface area contributed by atoms with Gasteiger partial charge in [-0.3, -0.25) is 5.41 Å². The van der Waals surface area contributed by atoms with E-state index < -0.39 is 0 Å². The maximum Gasteiger partial charge on any atom is 0.127 e. The molecule has 0 saturated carbocycles. The number of fused-ring (bicyclic) bond motifs is 1. The van der Waals surface area contributed by atoms with Crippen LogP contribution < -0.4 is 11.1 Å². The number of nitrogens with two attached hydrogens (primary N) is 1. The van der Waals surface area contributed by atoms with Crippen LogP contribution in [-0.2, 0) is 4.74 Å². The predicted octanol–water partition coefficient (Wildman–Crippen LogP) is 1.97. The molecule has 0 amide bonds. The number of rotatable bonds is 5. The number of aromatic nitrogens is 1. The van der Waals surface area contributed by atoms with E-state index in [-0.39, 0.29) is 11.9 Å². The summed E-state index contributed by atoms with van der Waals surface area (Å²) in [6, 6.07) is 9.46. The molecular formula is C14H18N4O. The largest absolute Gasteiger partial charge is 0.384 e. The number of anilines is 1. The van der Waals surface area contributed by atoms with E-state index in [1.807, 2.05) is 31.2 Å². The van der Waals surface area contributed by atoms with Gasteiger partial charge in [0.25, 0.3) is 0 Å². The van der Waals surface area contributed by atoms with Crippen molar-refractivity contribution in [1.82, 2.24) is 4.98 Å². The van der Waals surface area contributed by atoms with Gasteiger partial charge in [-0.1, -0.05) is 18.2 Å². The lowest BCUT2D eigenvalue weighted by Gasteiger charge is -2.13. The summed E-state index contributed by atoms with van der Waals surface area (Å²) < 4.78 is 5.18. The third-order valence-electron chi connectivity index (χ3n) is 2.98. The van der Waals surface area contributed by atoms with Gasteiger partial charge in [0.05, 0.1) is 11.6 Å². The summed E-state index contributed by atoms with van der Waals surface area (Å²) in [4.78, 5) is 4.51. The Kier molecular flexibility index (Phi) is 3.97. The average Bonchev–Trinajstić information content (AvgIpc) is 2.43. The molecule has 0 aliphatic carbocycles. The predicted molar refractivity (Wildman–Crippen MR) is 77.7 cm³/mol. The van der Waals surface area contributed by atoms with Gasteiger partial charge in [0.1, 0.15) is 11.7 Å². The molecule has 0 fully saturated rings. The quantitative estimate of drug-likeness (QED) is 0.565. The van der Waals surface area contributed by atoms with Gasteiger partial charge in [0.2, 0.25) is 0 Å². The highest BCUT2D eigenvalue weighted by molar-refractivity contribution is 6.07. The van der Waals surface area contributed by atoms with E-state index in [1.165, 1.54) is 0 Å². The lowest BCUT2D eigenvalue weighted by atomic mass is 10.1. The third kappa shape index (κ3) is 3.00. The maximum absolute atomic E-state index is 7.66. The van der Waals surface area contributed by atoms with Crippen molar-refractivity contribution >= 4 is 22.6 Å². The van der Waals surface area contributed by atoms with Crippen molar-refractivity contribution in [3.8, 4) is 0 Å². The Morgan fingerprint density at radius 2 is 2.21 bits per heavy atom. The summed E-state index contributed by atoms with van der Waals surface area (Å²) in [6.07, 6.45) is 0.0917. The van der Waals surface area contributed by atoms with Crippen molar-refractivity contribution in [2.75, 3.05) is 19.0 Å². The second-order valence-electron chi connectivity index (χ2n) is 4.41. The Morgan fingerprint density at radius 1 is 1.47 bits per heavy atom. The summed E-state index contributed by atoms with van der Waals surface area (Å²) >= 11 is 0. The Balaban J connectivity index is 2.38. The Bertz CT molecular complexity index is 597. The highest BCUT2D eigenvalue weighted by Gasteiger charge is 2.08. The first-order valence-electron chi connectivity index (χ1n) is 6.12. The fourth-order valence-corrected chi connectivity index (χ4v) is 1.82. The van der Waals surface area contributed by atoms with Crippen molar-refractivity contribution in [2.24, 2.45) is 5.73 Å². The van der Waals surface area contributed by atoms with Crippen molar-refractivity contribution in [2.45, 2.75) is 13.0 Å². The molecule has 2 aromatic rings. The molecule has 2 rings (SSSR count). The summed E-state index contributed by atoms with van der Waals surface area (Å²) in [5, 5.41) is 11.7. The lowest BCUT2D eigenvalue weighted by Crippen LogP contribution is -2.19. The SMILES string of the molecule is COC(C)CNc1cc(C(=N)N)c2ccccc2n1. The average molecular weight is 258 g/mol. The van der Waals surface area contributed by atoms with Gasteiger partial charge in [0.15, 0.2) is 0 Å². The minimum Gasteiger partial charge on any atom is -0.384 e. The van der Waals surface area contributed by atoms with Crippen LogP contribution >= 0.6 is 0 Å². The van der Waals surface area contributed by atoms with Crippen molar-refractivity contribution in [1.29, 1.82) is 5.41 Å². The van der Waals surface area contributed by atoms with E-state index in [2.05, 4.69) is 10.3 Å². The summed E-state index contributed by atoms with van der Waals surface area (Å²) in [7, 11) is 1.67. The van der Waals surface area contributed by atoms with Crippen LogP contribution in [0.15, 0.2) is 30.3 Å². The fourth-order valence-electron chi connectivity index (χ4n) is 1.82. The number of amidine groups is 1. The molecule has 1 aromatic heterocycles. The number of hydrogen-bond donors (Lipinski definition) is 3. The van der Waals surface area contributed by atoms with Crippen LogP contribution in [0.25, 0.3) is 10.9 Å². The minimum absolute atomic E-state index is 0.0430. The van der Waals surface area contributed by atoms with E-state index in [0.29, 0.717) is 17.9 Å². The zero-order valence-electron chi connectivity index (χ0n) is 11.1. The summed E-state index contributed by atoms with van der Waals surface area (Å²) in [5.74, 6) is 0.745. The molecule has 0 saturated heterocycles. The van der Waals surface area contributed by atoms with Crippen LogP contribution in [0.2, 0.25) is 0 Å². The van der Waals surface area contributed by atoms with Crippen molar-refractivity contribution in [3.63, 3.8) is 0 Å². The highest BCUT2D eigenvalue weighted by Crippen LogP contribution is 2.20. The van der Waals surface area contributed by atoms with Crippen LogP contribution in [0.1, 0.15) is 12.5 Å². The van der Waals surface area contributed by atoms with Crippen LogP contribution in [0.4, 0.5) is 5.82 Å². The van der Waals surface area contributed by atoms with E-state index in [0.717, 1.165) is 10.9 Å². The van der Waals surface area contributed by atoms with Gasteiger partial charge in [-0.2, -0.15) is 0 Å². The standard InChI is InChI=1S/C14H18N4O/c1-9(19-2)8-17-13-7-11(14(15)16)10-5-3-4-6-12(10)18-13/h3-7,9H,8H2,1-2H3,(H3,15,16)(H,17,18). The summed E-state index contributed by atoms with van der Waals surface area (Å²) in [5.41, 5.74) is 7.15. The second-order valence-corrected chi connectivity index (χ2v) is 4.41. The third-order valence-corrected chi connectivity index (χ3v) is 2.98. The normalized spacial score (nSPS) is 12.3. The Morgan fingerprint density at radius 3 is 2.89 bits per heavy atom. The molecule has 0 bridgehead atoms. The molecule has 1 atom stereocenters. The minimum atomic E-state index is 0.0430. The monoisotopic (exact) mass is 258 g/mol. The molecule has 0 aliphatic heterocycles. The number of hydrogen-bond acceptors (Lipinski definition) is 4. The summed E-state index contributed by atoms with van der Waals surface area (Å²) in [6.45, 7) is 2.62. The number of nitrogens with zero attached hydrogens (tertiary/aromatic N) is 1. The molecule has 1 aromatic carbocycles. The number of nitrogens with one attached hydrogen (secondary N) is 2. The molecular weight excluding hydrogens is 240 g/mol. The van der Waals surface area contributed by atoms with E-state index in [4.69, 9.17) is 15.9 Å². The molecule has 1 unspecified atom stereocenters. The van der Waals surface area contributed by atoms with Crippen molar-refractivity contribution in [3.05, 3.63) is 35.9 Å². The lowest BCUT2D eigenvalue weighted by molar-refractivity contribution is 0.128. The number of benzene rings is 1. The number of pyridine rings is 1. The van der Waals surface area contributed by atoms with E-state index >= 15 is 0 Å². The molecule has 5 nitrogen and oxygen atoms in total. The van der Waals surface area contributed by atoms with Crippen LogP contribution in [0.3, 0.4) is 0 Å². The molecule has 0 radical (unpaired) electrons. The fraction of sp³-hybridized carbons (Fsp3) is 0.286. The molecule has 1 heterocycles. The van der Waals surface area contributed by atoms with Gasteiger partial charge in [-0.25, -0.2) is 4.98 Å². The molecule has 5 heteroatoms. The molecule has 100 valence electrons. The molecule has 4 N–H and O–H groups in total. The first-order valence-corrected chi connectivity index (χ1v) is 6.12. The molecule has 0 aliphatic rings. The van der Waals surface area contributed by atoms with Gasteiger partial charge >= 0.3 is 0 Å². The van der Waals surface area contributed by atoms with Gasteiger partial charge < -0.3 is 15.8 Å². The van der Waals surface area contributed by atoms with Gasteiger partial charge in [-0.05, 0) is 19.1 Å². The number of ether oxygens (including phenoxy) is 1. The number of nitrogen functional groups attached to an aromatic ring is 1. The first kappa shape index (κ1) is 13.3. The van der Waals surface area contributed by atoms with Crippen LogP contribution in [-0.4, -0.2) is 30.6 Å². The zero-order valence-corrected chi connectivity index (χ0v) is 11.1. The van der Waals surface area contributed by atoms with Crippen LogP contribution in [0.5, 0.6) is 0 Å². The Labute approximate surface area is 112 Å². The van der Waals surface area contributed by atoms with Gasteiger partial charge in [0, 0.05) is 24.6 Å². The Hall–Kier alpha value is -2.14. The van der Waals surface area contributed by atoms with Crippen LogP contribution in [0, 0.1) is 5.41 Å². The zero-order chi connectivity index (χ0) is 13.8. The molecule has 19 heavy (non-hydrogen) atoms. The number of para-hydroxylation sites is 1. The smallest absolute Gasteiger partial charge is 0.127 e. The van der Waals surface area contributed by atoms with E-state index in [1.54, 1.807) is 13.2 Å². The van der Waals surface area contributed by atoms with Crippen molar-refractivity contribution < 1.29 is 4.74 Å².